The van der Waals surface area contributed by atoms with Crippen LogP contribution in [0.5, 0.6) is 0 Å². The number of benzene rings is 1. The van der Waals surface area contributed by atoms with E-state index >= 15 is 0 Å². The van der Waals surface area contributed by atoms with Gasteiger partial charge in [0.2, 0.25) is 11.8 Å². The van der Waals surface area contributed by atoms with Gasteiger partial charge in [-0.15, -0.1) is 11.3 Å². The average molecular weight is 466 g/mol. The third-order valence-electron chi connectivity index (χ3n) is 6.22. The van der Waals surface area contributed by atoms with Crippen molar-refractivity contribution in [3.8, 4) is 10.4 Å². The van der Waals surface area contributed by atoms with E-state index in [1.54, 1.807) is 22.4 Å². The standard InChI is InChI=1S/C25H31N5O2S/c1-15(2)21(23-26-12-16(3)29-23)25(32)30-11-5-6-20(30)24(31)27-13-18-7-9-19(10-8-18)22-17(4)28-14-33-22/h7-10,12,14-15,20-21H,5-6,11,13H2,1-4H3,(H,26,29)(H,27,31)/t20-,21?/m0/s1. The molecule has 0 aliphatic carbocycles. The lowest BCUT2D eigenvalue weighted by Gasteiger charge is -2.29. The van der Waals surface area contributed by atoms with Crippen LogP contribution < -0.4 is 5.32 Å². The van der Waals surface area contributed by atoms with Crippen LogP contribution in [0.3, 0.4) is 0 Å². The molecule has 1 aliphatic rings. The van der Waals surface area contributed by atoms with Crippen LogP contribution in [-0.4, -0.2) is 44.3 Å². The lowest BCUT2D eigenvalue weighted by molar-refractivity contribution is -0.140. The molecule has 1 aromatic carbocycles. The molecule has 0 radical (unpaired) electrons. The van der Waals surface area contributed by atoms with Crippen molar-refractivity contribution < 1.29 is 9.59 Å². The fourth-order valence-corrected chi connectivity index (χ4v) is 5.26. The molecule has 2 atom stereocenters. The number of aromatic nitrogens is 3. The molecule has 2 amide bonds. The van der Waals surface area contributed by atoms with E-state index < -0.39 is 6.04 Å². The Kier molecular flexibility index (Phi) is 6.93. The molecule has 1 fully saturated rings. The average Bonchev–Trinajstić information content (AvgIpc) is 3.53. The van der Waals surface area contributed by atoms with Gasteiger partial charge < -0.3 is 15.2 Å². The monoisotopic (exact) mass is 465 g/mol. The Bertz CT molecular complexity index is 1120. The molecule has 7 nitrogen and oxygen atoms in total. The van der Waals surface area contributed by atoms with Gasteiger partial charge in [-0.05, 0) is 43.7 Å². The number of rotatable bonds is 7. The number of nitrogens with zero attached hydrogens (tertiary/aromatic N) is 3. The molecule has 0 saturated carbocycles. The molecule has 174 valence electrons. The second-order valence-electron chi connectivity index (χ2n) is 9.04. The van der Waals surface area contributed by atoms with Crippen LogP contribution in [0.25, 0.3) is 10.4 Å². The van der Waals surface area contributed by atoms with Gasteiger partial charge in [0.05, 0.1) is 22.0 Å². The third kappa shape index (κ3) is 5.00. The van der Waals surface area contributed by atoms with Gasteiger partial charge in [0.25, 0.3) is 0 Å². The number of imidazole rings is 1. The van der Waals surface area contributed by atoms with Crippen molar-refractivity contribution in [3.63, 3.8) is 0 Å². The van der Waals surface area contributed by atoms with Crippen molar-refractivity contribution in [3.05, 3.63) is 58.7 Å². The maximum Gasteiger partial charge on any atom is 0.243 e. The molecule has 2 N–H and O–H groups in total. The molecule has 1 unspecified atom stereocenters. The number of carbonyl (C=O) groups excluding carboxylic acids is 2. The van der Waals surface area contributed by atoms with E-state index in [9.17, 15) is 9.59 Å². The maximum atomic E-state index is 13.4. The lowest BCUT2D eigenvalue weighted by Crippen LogP contribution is -2.48. The van der Waals surface area contributed by atoms with Crippen LogP contribution in [0.4, 0.5) is 0 Å². The van der Waals surface area contributed by atoms with Gasteiger partial charge in [-0.2, -0.15) is 0 Å². The van der Waals surface area contributed by atoms with Crippen LogP contribution in [-0.2, 0) is 16.1 Å². The van der Waals surface area contributed by atoms with Gasteiger partial charge >= 0.3 is 0 Å². The molecule has 4 rings (SSSR count). The number of aromatic amines is 1. The highest BCUT2D eigenvalue weighted by Crippen LogP contribution is 2.29. The Hall–Kier alpha value is -3.00. The number of hydrogen-bond acceptors (Lipinski definition) is 5. The summed E-state index contributed by atoms with van der Waals surface area (Å²) in [6.07, 6.45) is 3.26. The van der Waals surface area contributed by atoms with Crippen molar-refractivity contribution >= 4 is 23.2 Å². The number of amides is 2. The molecule has 33 heavy (non-hydrogen) atoms. The molecular formula is C25H31N5O2S. The summed E-state index contributed by atoms with van der Waals surface area (Å²) in [5, 5.41) is 3.04. The van der Waals surface area contributed by atoms with E-state index in [1.807, 2.05) is 45.3 Å². The van der Waals surface area contributed by atoms with Gasteiger partial charge in [0.15, 0.2) is 0 Å². The first-order valence-electron chi connectivity index (χ1n) is 11.4. The summed E-state index contributed by atoms with van der Waals surface area (Å²) in [7, 11) is 0. The van der Waals surface area contributed by atoms with E-state index in [4.69, 9.17) is 0 Å². The van der Waals surface area contributed by atoms with Gasteiger partial charge in [-0.3, -0.25) is 9.59 Å². The Morgan fingerprint density at radius 1 is 1.21 bits per heavy atom. The van der Waals surface area contributed by atoms with Gasteiger partial charge in [-0.25, -0.2) is 9.97 Å². The van der Waals surface area contributed by atoms with E-state index in [0.29, 0.717) is 25.3 Å². The van der Waals surface area contributed by atoms with Crippen LogP contribution in [0.15, 0.2) is 36.0 Å². The number of thiazole rings is 1. The quantitative estimate of drug-likeness (QED) is 0.547. The van der Waals surface area contributed by atoms with Crippen LogP contribution >= 0.6 is 11.3 Å². The highest BCUT2D eigenvalue weighted by atomic mass is 32.1. The summed E-state index contributed by atoms with van der Waals surface area (Å²) < 4.78 is 0. The van der Waals surface area contributed by atoms with E-state index in [1.165, 1.54) is 0 Å². The van der Waals surface area contributed by atoms with Crippen molar-refractivity contribution in [1.82, 2.24) is 25.2 Å². The predicted molar refractivity (Wildman–Crippen MR) is 130 cm³/mol. The fraction of sp³-hybridized carbons (Fsp3) is 0.440. The van der Waals surface area contributed by atoms with E-state index in [0.717, 1.165) is 33.8 Å². The zero-order chi connectivity index (χ0) is 23.5. The first kappa shape index (κ1) is 23.2. The predicted octanol–water partition coefficient (Wildman–Crippen LogP) is 4.20. The molecule has 3 heterocycles. The van der Waals surface area contributed by atoms with E-state index in [-0.39, 0.29) is 23.7 Å². The number of H-pyrrole nitrogens is 1. The Balaban J connectivity index is 1.40. The second kappa shape index (κ2) is 9.87. The smallest absolute Gasteiger partial charge is 0.243 e. The summed E-state index contributed by atoms with van der Waals surface area (Å²) >= 11 is 1.63. The highest BCUT2D eigenvalue weighted by molar-refractivity contribution is 7.13. The SMILES string of the molecule is Cc1cnc(C(C(=O)N2CCC[C@H]2C(=O)NCc2ccc(-c3scnc3C)cc2)C(C)C)[nH]1. The number of aryl methyl sites for hydroxylation is 2. The summed E-state index contributed by atoms with van der Waals surface area (Å²) in [6, 6.07) is 7.74. The van der Waals surface area contributed by atoms with Crippen LogP contribution in [0.1, 0.15) is 55.4 Å². The minimum atomic E-state index is -0.436. The minimum Gasteiger partial charge on any atom is -0.350 e. The zero-order valence-corrected chi connectivity index (χ0v) is 20.4. The highest BCUT2D eigenvalue weighted by Gasteiger charge is 2.39. The molecular weight excluding hydrogens is 434 g/mol. The summed E-state index contributed by atoms with van der Waals surface area (Å²) in [5.41, 5.74) is 5.96. The van der Waals surface area contributed by atoms with Gasteiger partial charge in [0, 0.05) is 25.0 Å². The van der Waals surface area contributed by atoms with E-state index in [2.05, 4.69) is 32.4 Å². The van der Waals surface area contributed by atoms with Crippen LogP contribution in [0.2, 0.25) is 0 Å². The first-order valence-corrected chi connectivity index (χ1v) is 12.3. The molecule has 0 spiro atoms. The normalized spacial score (nSPS) is 16.9. The summed E-state index contributed by atoms with van der Waals surface area (Å²) in [5.74, 6) is 0.250. The van der Waals surface area contributed by atoms with Gasteiger partial charge in [0.1, 0.15) is 11.9 Å². The summed E-state index contributed by atoms with van der Waals surface area (Å²) in [4.78, 5) is 41.3. The Morgan fingerprint density at radius 2 is 1.97 bits per heavy atom. The fourth-order valence-electron chi connectivity index (χ4n) is 4.45. The third-order valence-corrected chi connectivity index (χ3v) is 7.19. The molecule has 1 aliphatic heterocycles. The van der Waals surface area contributed by atoms with Gasteiger partial charge in [-0.1, -0.05) is 38.1 Å². The van der Waals surface area contributed by atoms with Crippen molar-refractivity contribution in [2.24, 2.45) is 5.92 Å². The largest absolute Gasteiger partial charge is 0.350 e. The molecule has 3 aromatic rings. The van der Waals surface area contributed by atoms with Crippen LogP contribution in [0, 0.1) is 19.8 Å². The number of hydrogen-bond donors (Lipinski definition) is 2. The Labute approximate surface area is 198 Å². The maximum absolute atomic E-state index is 13.4. The number of likely N-dealkylation sites (tertiary alicyclic amines) is 1. The number of nitrogens with one attached hydrogen (secondary N) is 2. The first-order chi connectivity index (χ1) is 15.8. The molecule has 2 aromatic heterocycles. The zero-order valence-electron chi connectivity index (χ0n) is 19.6. The second-order valence-corrected chi connectivity index (χ2v) is 9.90. The minimum absolute atomic E-state index is 0.0266. The number of carbonyl (C=O) groups is 2. The van der Waals surface area contributed by atoms with Crippen molar-refractivity contribution in [2.45, 2.75) is 59.0 Å². The topological polar surface area (TPSA) is 91.0 Å². The van der Waals surface area contributed by atoms with Crippen molar-refractivity contribution in [2.75, 3.05) is 6.54 Å². The summed E-state index contributed by atoms with van der Waals surface area (Å²) in [6.45, 7) is 9.00. The van der Waals surface area contributed by atoms with Crippen molar-refractivity contribution in [1.29, 1.82) is 0 Å². The molecule has 1 saturated heterocycles. The molecule has 8 heteroatoms. The Morgan fingerprint density at radius 3 is 2.58 bits per heavy atom. The molecule has 0 bridgehead atoms. The lowest BCUT2D eigenvalue weighted by atomic mass is 9.93.